The lowest BCUT2D eigenvalue weighted by molar-refractivity contribution is 0.0472. The van der Waals surface area contributed by atoms with Crippen molar-refractivity contribution < 1.29 is 32.2 Å². The zero-order chi connectivity index (χ0) is 23.1. The minimum absolute atomic E-state index is 0.0518. The average molecular weight is 462 g/mol. The summed E-state index contributed by atoms with van der Waals surface area (Å²) in [5, 5.41) is 0. The summed E-state index contributed by atoms with van der Waals surface area (Å²) in [4.78, 5) is 24.3. The Hall–Kier alpha value is -2.91. The number of hydrogen-bond acceptors (Lipinski definition) is 7. The summed E-state index contributed by atoms with van der Waals surface area (Å²) in [6.45, 7) is 0.803. The standard InChI is InChI=1S/C23H27NO7S/c1-29-20-11-10-19(15-21(20)32(27,28)24-12-5-3-4-6-13-24)23(26)31-16-17-8-7-9-18(14-17)22(25)30-2/h7-11,14-15H,3-6,12-13,16H2,1-2H3. The number of sulfonamides is 1. The van der Waals surface area contributed by atoms with Crippen LogP contribution in [0.25, 0.3) is 0 Å². The van der Waals surface area contributed by atoms with Crippen molar-refractivity contribution >= 4 is 22.0 Å². The van der Waals surface area contributed by atoms with Crippen LogP contribution in [0.2, 0.25) is 0 Å². The third-order valence-corrected chi connectivity index (χ3v) is 7.22. The van der Waals surface area contributed by atoms with Crippen molar-refractivity contribution in [2.45, 2.75) is 37.2 Å². The SMILES string of the molecule is COC(=O)c1cccc(COC(=O)c2ccc(OC)c(S(=O)(=O)N3CCCCCC3)c2)c1. The fourth-order valence-electron chi connectivity index (χ4n) is 3.56. The van der Waals surface area contributed by atoms with Gasteiger partial charge in [0.1, 0.15) is 17.3 Å². The molecule has 1 fully saturated rings. The minimum atomic E-state index is -3.82. The molecule has 0 spiro atoms. The van der Waals surface area contributed by atoms with Gasteiger partial charge >= 0.3 is 11.9 Å². The summed E-state index contributed by atoms with van der Waals surface area (Å²) < 4.78 is 43.3. The first-order valence-corrected chi connectivity index (χ1v) is 11.8. The molecule has 0 saturated carbocycles. The Kier molecular flexibility index (Phi) is 7.87. The van der Waals surface area contributed by atoms with Crippen LogP contribution in [0.3, 0.4) is 0 Å². The first-order valence-electron chi connectivity index (χ1n) is 10.4. The van der Waals surface area contributed by atoms with Gasteiger partial charge in [0.05, 0.1) is 25.3 Å². The maximum atomic E-state index is 13.3. The number of ether oxygens (including phenoxy) is 3. The van der Waals surface area contributed by atoms with Crippen molar-refractivity contribution in [1.82, 2.24) is 4.31 Å². The Balaban J connectivity index is 1.80. The van der Waals surface area contributed by atoms with E-state index in [1.807, 2.05) is 0 Å². The summed E-state index contributed by atoms with van der Waals surface area (Å²) in [6.07, 6.45) is 3.58. The number of methoxy groups -OCH3 is 2. The first kappa shape index (κ1) is 23.7. The fourth-order valence-corrected chi connectivity index (χ4v) is 5.26. The molecule has 8 nitrogen and oxygen atoms in total. The van der Waals surface area contributed by atoms with Gasteiger partial charge in [-0.3, -0.25) is 0 Å². The largest absolute Gasteiger partial charge is 0.495 e. The van der Waals surface area contributed by atoms with Gasteiger partial charge in [0, 0.05) is 13.1 Å². The summed E-state index contributed by atoms with van der Waals surface area (Å²) in [6, 6.07) is 10.8. The van der Waals surface area contributed by atoms with Crippen LogP contribution < -0.4 is 4.74 Å². The van der Waals surface area contributed by atoms with Crippen LogP contribution in [0.5, 0.6) is 5.75 Å². The molecule has 0 aromatic heterocycles. The van der Waals surface area contributed by atoms with E-state index in [2.05, 4.69) is 0 Å². The number of nitrogens with zero attached hydrogens (tertiary/aromatic N) is 1. The van der Waals surface area contributed by atoms with E-state index < -0.39 is 22.0 Å². The number of esters is 2. The zero-order valence-corrected chi connectivity index (χ0v) is 19.0. The molecule has 9 heteroatoms. The van der Waals surface area contributed by atoms with Gasteiger partial charge < -0.3 is 14.2 Å². The third kappa shape index (κ3) is 5.46. The van der Waals surface area contributed by atoms with Crippen molar-refractivity contribution in [1.29, 1.82) is 0 Å². The lowest BCUT2D eigenvalue weighted by Crippen LogP contribution is -2.32. The lowest BCUT2D eigenvalue weighted by atomic mass is 10.1. The molecule has 0 radical (unpaired) electrons. The number of carbonyl (C=O) groups is 2. The predicted octanol–water partition coefficient (Wildman–Crippen LogP) is 3.40. The molecule has 0 N–H and O–H groups in total. The molecule has 2 aromatic carbocycles. The topological polar surface area (TPSA) is 99.2 Å². The van der Waals surface area contributed by atoms with Crippen LogP contribution in [0.4, 0.5) is 0 Å². The molecule has 1 aliphatic rings. The van der Waals surface area contributed by atoms with Gasteiger partial charge in [-0.05, 0) is 48.7 Å². The molecule has 1 aliphatic heterocycles. The van der Waals surface area contributed by atoms with E-state index in [4.69, 9.17) is 14.2 Å². The minimum Gasteiger partial charge on any atom is -0.495 e. The van der Waals surface area contributed by atoms with E-state index in [0.29, 0.717) is 24.2 Å². The van der Waals surface area contributed by atoms with Gasteiger partial charge in [-0.2, -0.15) is 4.31 Å². The third-order valence-electron chi connectivity index (χ3n) is 5.30. The Morgan fingerprint density at radius 2 is 1.59 bits per heavy atom. The van der Waals surface area contributed by atoms with Crippen LogP contribution in [0, 0.1) is 0 Å². The molecule has 32 heavy (non-hydrogen) atoms. The highest BCUT2D eigenvalue weighted by molar-refractivity contribution is 7.89. The molecular weight excluding hydrogens is 434 g/mol. The molecule has 0 unspecified atom stereocenters. The van der Waals surface area contributed by atoms with Crippen LogP contribution in [-0.2, 0) is 26.1 Å². The Morgan fingerprint density at radius 3 is 2.25 bits per heavy atom. The molecule has 0 atom stereocenters. The summed E-state index contributed by atoms with van der Waals surface area (Å²) >= 11 is 0. The first-order chi connectivity index (χ1) is 15.4. The van der Waals surface area contributed by atoms with E-state index in [1.165, 1.54) is 36.7 Å². The smallest absolute Gasteiger partial charge is 0.338 e. The van der Waals surface area contributed by atoms with Gasteiger partial charge in [-0.15, -0.1) is 0 Å². The van der Waals surface area contributed by atoms with E-state index in [0.717, 1.165) is 25.7 Å². The van der Waals surface area contributed by atoms with Gasteiger partial charge in [-0.1, -0.05) is 25.0 Å². The molecule has 0 bridgehead atoms. The molecule has 0 amide bonds. The zero-order valence-electron chi connectivity index (χ0n) is 18.2. The predicted molar refractivity (Wildman–Crippen MR) is 117 cm³/mol. The number of benzene rings is 2. The van der Waals surface area contributed by atoms with Crippen molar-refractivity contribution in [2.75, 3.05) is 27.3 Å². The number of carbonyl (C=O) groups excluding carboxylic acids is 2. The van der Waals surface area contributed by atoms with E-state index in [9.17, 15) is 18.0 Å². The Labute approximate surface area is 188 Å². The van der Waals surface area contributed by atoms with E-state index in [-0.39, 0.29) is 22.8 Å². The molecule has 172 valence electrons. The van der Waals surface area contributed by atoms with Crippen molar-refractivity contribution in [3.63, 3.8) is 0 Å². The van der Waals surface area contributed by atoms with E-state index in [1.54, 1.807) is 24.3 Å². The van der Waals surface area contributed by atoms with Crippen LogP contribution in [0.15, 0.2) is 47.4 Å². The summed E-state index contributed by atoms with van der Waals surface area (Å²) in [5.74, 6) is -0.989. The van der Waals surface area contributed by atoms with Crippen molar-refractivity contribution in [2.24, 2.45) is 0 Å². The number of rotatable bonds is 7. The highest BCUT2D eigenvalue weighted by atomic mass is 32.2. The lowest BCUT2D eigenvalue weighted by Gasteiger charge is -2.21. The molecular formula is C23H27NO7S. The second kappa shape index (κ2) is 10.6. The highest BCUT2D eigenvalue weighted by Crippen LogP contribution is 2.29. The van der Waals surface area contributed by atoms with Crippen molar-refractivity contribution in [3.05, 3.63) is 59.2 Å². The molecule has 2 aromatic rings. The van der Waals surface area contributed by atoms with Crippen LogP contribution >= 0.6 is 0 Å². The Bertz CT molecular complexity index is 1070. The van der Waals surface area contributed by atoms with E-state index >= 15 is 0 Å². The van der Waals surface area contributed by atoms with Gasteiger partial charge in [-0.25, -0.2) is 18.0 Å². The van der Waals surface area contributed by atoms with Gasteiger partial charge in [0.2, 0.25) is 10.0 Å². The second-order valence-electron chi connectivity index (χ2n) is 7.45. The Morgan fingerprint density at radius 1 is 0.906 bits per heavy atom. The monoisotopic (exact) mass is 461 g/mol. The molecule has 0 aliphatic carbocycles. The quantitative estimate of drug-likeness (QED) is 0.583. The maximum Gasteiger partial charge on any atom is 0.338 e. The normalized spacial score (nSPS) is 14.9. The average Bonchev–Trinajstić information content (AvgIpc) is 3.12. The molecule has 1 saturated heterocycles. The van der Waals surface area contributed by atoms with Gasteiger partial charge in [0.15, 0.2) is 0 Å². The number of hydrogen-bond donors (Lipinski definition) is 0. The van der Waals surface area contributed by atoms with Gasteiger partial charge in [0.25, 0.3) is 0 Å². The molecule has 1 heterocycles. The second-order valence-corrected chi connectivity index (χ2v) is 9.36. The summed E-state index contributed by atoms with van der Waals surface area (Å²) in [7, 11) is -1.14. The summed E-state index contributed by atoms with van der Waals surface area (Å²) in [5.41, 5.74) is 1.05. The molecule has 3 rings (SSSR count). The van der Waals surface area contributed by atoms with Crippen LogP contribution in [-0.4, -0.2) is 52.0 Å². The highest BCUT2D eigenvalue weighted by Gasteiger charge is 2.29. The maximum absolute atomic E-state index is 13.3. The fraction of sp³-hybridized carbons (Fsp3) is 0.391. The van der Waals surface area contributed by atoms with Crippen molar-refractivity contribution in [3.8, 4) is 5.75 Å². The van der Waals surface area contributed by atoms with Crippen LogP contribution in [0.1, 0.15) is 52.0 Å².